The van der Waals surface area contributed by atoms with Crippen molar-refractivity contribution in [1.29, 1.82) is 0 Å². The van der Waals surface area contributed by atoms with Gasteiger partial charge in [0.15, 0.2) is 0 Å². The first-order chi connectivity index (χ1) is 26.2. The van der Waals surface area contributed by atoms with Crippen LogP contribution in [0.1, 0.15) is 93.6 Å². The van der Waals surface area contributed by atoms with Crippen molar-refractivity contribution in [2.45, 2.75) is 83.4 Å². The maximum atomic E-state index is 12.5. The molecular formula is C42H51B2F6N4O2Pt-. The molecule has 6 nitrogen and oxygen atoms in total. The van der Waals surface area contributed by atoms with Crippen LogP contribution in [0.25, 0.3) is 0 Å². The Morgan fingerprint density at radius 3 is 1.28 bits per heavy atom. The Morgan fingerprint density at radius 2 is 0.947 bits per heavy atom. The summed E-state index contributed by atoms with van der Waals surface area (Å²) in [6.07, 6.45) is -11.8. The molecule has 1 aliphatic rings. The van der Waals surface area contributed by atoms with Crippen molar-refractivity contribution in [2.24, 2.45) is 0 Å². The molecule has 0 radical (unpaired) electrons. The molecule has 2 N–H and O–H groups in total. The van der Waals surface area contributed by atoms with Gasteiger partial charge in [-0.15, -0.1) is 0 Å². The zero-order chi connectivity index (χ0) is 42.8. The molecule has 0 saturated carbocycles. The van der Waals surface area contributed by atoms with Gasteiger partial charge in [0, 0.05) is 6.42 Å². The fraction of sp³-hybridized carbons (Fsp3) is 0.405. The molecule has 4 aromatic rings. The quantitative estimate of drug-likeness (QED) is 0.105. The van der Waals surface area contributed by atoms with E-state index in [0.717, 1.165) is 54.2 Å². The predicted octanol–water partition coefficient (Wildman–Crippen LogP) is 9.10. The van der Waals surface area contributed by atoms with E-state index in [-0.39, 0.29) is 42.1 Å². The number of anilines is 2. The number of alkyl halides is 6. The summed E-state index contributed by atoms with van der Waals surface area (Å²) in [5.41, 5.74) is 3.82. The van der Waals surface area contributed by atoms with E-state index in [9.17, 15) is 36.6 Å². The van der Waals surface area contributed by atoms with Crippen LogP contribution in [0.3, 0.4) is 0 Å². The molecule has 4 aromatic carbocycles. The SMILES string of the molecule is CN(C)B1B(N(C)C)N(c2ccc(C(C)(C)C)cc2)[C](=[Pt])N1c1[c-]cc(C(C)(C)C)cc1.OC(CC(O)c1ccc(C(F)(F)F)cc1)c1ccc(C(F)(F)F)cc1. The van der Waals surface area contributed by atoms with Gasteiger partial charge in [-0.2, -0.15) is 26.3 Å². The first-order valence-corrected chi connectivity index (χ1v) is 19.6. The smallest absolute Gasteiger partial charge is 0.388 e. The first-order valence-electron chi connectivity index (χ1n) is 18.5. The normalized spacial score (nSPS) is 15.4. The summed E-state index contributed by atoms with van der Waals surface area (Å²) in [7, 11) is 8.65. The zero-order valence-electron chi connectivity index (χ0n) is 33.9. The van der Waals surface area contributed by atoms with Crippen LogP contribution in [-0.2, 0) is 42.5 Å². The van der Waals surface area contributed by atoms with Crippen LogP contribution < -0.4 is 9.62 Å². The van der Waals surface area contributed by atoms with Crippen molar-refractivity contribution < 1.29 is 55.9 Å². The second kappa shape index (κ2) is 17.8. The van der Waals surface area contributed by atoms with Gasteiger partial charge in [-0.25, -0.2) is 0 Å². The Kier molecular flexibility index (Phi) is 14.5. The van der Waals surface area contributed by atoms with Gasteiger partial charge in [0.25, 0.3) is 0 Å². The Hall–Kier alpha value is -3.41. The van der Waals surface area contributed by atoms with Crippen molar-refractivity contribution >= 4 is 29.3 Å². The summed E-state index contributed by atoms with van der Waals surface area (Å²) in [6.45, 7) is 13.8. The minimum atomic E-state index is -4.50. The summed E-state index contributed by atoms with van der Waals surface area (Å²) in [5.74, 6) is 0. The Morgan fingerprint density at radius 1 is 0.579 bits per heavy atom. The summed E-state index contributed by atoms with van der Waals surface area (Å²) >= 11 is 2.48. The third-order valence-corrected chi connectivity index (χ3v) is 10.9. The third-order valence-electron chi connectivity index (χ3n) is 9.85. The summed E-state index contributed by atoms with van der Waals surface area (Å²) in [6, 6.07) is 26.9. The van der Waals surface area contributed by atoms with Gasteiger partial charge in [-0.1, -0.05) is 24.3 Å². The zero-order valence-corrected chi connectivity index (χ0v) is 36.2. The number of benzene rings is 4. The fourth-order valence-electron chi connectivity index (χ4n) is 6.49. The van der Waals surface area contributed by atoms with Crippen LogP contribution in [0, 0.1) is 6.07 Å². The molecule has 2 atom stereocenters. The summed E-state index contributed by atoms with van der Waals surface area (Å²) in [4.78, 5) is 9.48. The van der Waals surface area contributed by atoms with Crippen molar-refractivity contribution in [3.05, 3.63) is 130 Å². The van der Waals surface area contributed by atoms with Gasteiger partial charge in [0.2, 0.25) is 0 Å². The van der Waals surface area contributed by atoms with Crippen LogP contribution in [0.4, 0.5) is 37.7 Å². The van der Waals surface area contributed by atoms with E-state index in [4.69, 9.17) is 0 Å². The minimum absolute atomic E-state index is 0.116. The maximum Gasteiger partial charge on any atom is 0.416 e. The molecule has 15 heteroatoms. The van der Waals surface area contributed by atoms with Gasteiger partial charge in [0.1, 0.15) is 0 Å². The molecule has 1 saturated heterocycles. The number of hydrogen-bond acceptors (Lipinski definition) is 6. The number of rotatable bonds is 8. The van der Waals surface area contributed by atoms with Crippen LogP contribution in [0.2, 0.25) is 0 Å². The van der Waals surface area contributed by atoms with Crippen molar-refractivity contribution in [2.75, 3.05) is 37.8 Å². The molecule has 0 amide bonds. The average Bonchev–Trinajstić information content (AvgIpc) is 3.44. The van der Waals surface area contributed by atoms with Crippen LogP contribution in [0.15, 0.2) is 91.0 Å². The second-order valence-electron chi connectivity index (χ2n) is 16.8. The van der Waals surface area contributed by atoms with E-state index in [2.05, 4.69) is 157 Å². The largest absolute Gasteiger partial charge is 0.416 e. The van der Waals surface area contributed by atoms with Gasteiger partial charge in [0.05, 0.1) is 23.3 Å². The minimum Gasteiger partial charge on any atom is -0.388 e. The molecule has 1 aliphatic heterocycles. The van der Waals surface area contributed by atoms with E-state index in [1.165, 1.54) is 21.0 Å². The molecule has 1 fully saturated rings. The Balaban J connectivity index is 0.000000261. The third kappa shape index (κ3) is 11.4. The van der Waals surface area contributed by atoms with E-state index >= 15 is 0 Å². The van der Waals surface area contributed by atoms with E-state index in [1.807, 2.05) is 0 Å². The molecule has 0 spiro atoms. The van der Waals surface area contributed by atoms with Crippen LogP contribution in [0.5, 0.6) is 0 Å². The maximum absolute atomic E-state index is 12.5. The standard InChI is InChI=1S/C25H37B2N4.C17H14F6O2.Pt/c1-24(2,3)20-11-15-22(16-12-20)30-19-31(27(29(9)10)26(30)28(7)8)23-17-13-21(14-18-23)25(4,5)6;18-16(19,20)12-5-1-10(2-6-12)14(24)9-15(25)11-3-7-13(8-4-11)17(21,22)23;/h11-17H,1-10H3;1-8,14-15,24-25H,9H2;/q-1;;. The Bertz CT molecular complexity index is 1790. The van der Waals surface area contributed by atoms with Crippen molar-refractivity contribution in [3.8, 4) is 0 Å². The number of aliphatic hydroxyl groups is 2. The fourth-order valence-corrected chi connectivity index (χ4v) is 7.66. The van der Waals surface area contributed by atoms with E-state index < -0.39 is 35.7 Å². The molecule has 0 aromatic heterocycles. The van der Waals surface area contributed by atoms with Gasteiger partial charge in [-0.05, 0) is 35.4 Å². The predicted molar refractivity (Wildman–Crippen MR) is 215 cm³/mol. The van der Waals surface area contributed by atoms with E-state index in [1.54, 1.807) is 0 Å². The van der Waals surface area contributed by atoms with Gasteiger partial charge >= 0.3 is 220 Å². The van der Waals surface area contributed by atoms with Gasteiger partial charge in [-0.3, -0.25) is 0 Å². The monoisotopic (exact) mass is 974 g/mol. The summed E-state index contributed by atoms with van der Waals surface area (Å²) < 4.78 is 76.1. The van der Waals surface area contributed by atoms with Crippen molar-refractivity contribution in [3.63, 3.8) is 0 Å². The van der Waals surface area contributed by atoms with Gasteiger partial charge < -0.3 is 10.2 Å². The molecular weight excluding hydrogens is 923 g/mol. The summed E-state index contributed by atoms with van der Waals surface area (Å²) in [5, 5.41) is 20.0. The second-order valence-corrected chi connectivity index (χ2v) is 17.8. The van der Waals surface area contributed by atoms with Crippen LogP contribution in [-0.4, -0.2) is 65.9 Å². The molecule has 0 bridgehead atoms. The molecule has 5 rings (SSSR count). The molecule has 57 heavy (non-hydrogen) atoms. The number of aliphatic hydroxyl groups excluding tert-OH is 2. The van der Waals surface area contributed by atoms with Crippen molar-refractivity contribution in [1.82, 2.24) is 9.62 Å². The molecule has 2 unspecified atom stereocenters. The van der Waals surface area contributed by atoms with E-state index in [0.29, 0.717) is 0 Å². The molecule has 310 valence electrons. The first kappa shape index (κ1) is 46.3. The number of halogens is 6. The molecule has 0 aliphatic carbocycles. The number of hydrogen-bond donors (Lipinski definition) is 2. The molecule has 1 heterocycles. The Labute approximate surface area is 345 Å². The number of nitrogens with zero attached hydrogens (tertiary/aromatic N) is 4. The topological polar surface area (TPSA) is 53.4 Å². The van der Waals surface area contributed by atoms with Crippen LogP contribution >= 0.6 is 0 Å². The average molecular weight is 975 g/mol.